The minimum atomic E-state index is -0.407. The molecular weight excluding hydrogens is 480 g/mol. The molecule has 2 aromatic heterocycles. The standard InChI is InChI=1S/C26H22N4O7/c1-14-9-15(2)30(12-22(31)27-17-4-6-18-21(11-17)34-8-7-33-18)26(32)23(14)25-28-24(29-37-25)16-3-5-19-20(10-16)36-13-35-19/h3-6,9-11H,7-8,12-13H2,1-2H3,(H,27,31). The first kappa shape index (κ1) is 22.7. The summed E-state index contributed by atoms with van der Waals surface area (Å²) < 4.78 is 28.7. The Morgan fingerprint density at radius 1 is 0.946 bits per heavy atom. The second kappa shape index (κ2) is 9.01. The first-order chi connectivity index (χ1) is 18.0. The number of amides is 1. The van der Waals surface area contributed by atoms with Gasteiger partial charge in [-0.2, -0.15) is 4.98 Å². The fourth-order valence-corrected chi connectivity index (χ4v) is 4.33. The summed E-state index contributed by atoms with van der Waals surface area (Å²) in [5.41, 5.74) is 2.31. The van der Waals surface area contributed by atoms with Crippen molar-refractivity contribution in [2.24, 2.45) is 0 Å². The number of carbonyl (C=O) groups excluding carboxylic acids is 1. The molecule has 0 fully saturated rings. The van der Waals surface area contributed by atoms with Crippen molar-refractivity contribution in [1.82, 2.24) is 14.7 Å². The van der Waals surface area contributed by atoms with Crippen LogP contribution in [0.25, 0.3) is 22.8 Å². The summed E-state index contributed by atoms with van der Waals surface area (Å²) in [5.74, 6) is 2.40. The van der Waals surface area contributed by atoms with Crippen molar-refractivity contribution in [3.05, 3.63) is 64.1 Å². The molecule has 1 amide bonds. The van der Waals surface area contributed by atoms with Crippen LogP contribution in [0, 0.1) is 13.8 Å². The fraction of sp³-hybridized carbons (Fsp3) is 0.231. The smallest absolute Gasteiger partial charge is 0.264 e. The van der Waals surface area contributed by atoms with E-state index in [1.165, 1.54) is 4.57 Å². The van der Waals surface area contributed by atoms with Gasteiger partial charge < -0.3 is 33.4 Å². The summed E-state index contributed by atoms with van der Waals surface area (Å²) in [6, 6.07) is 12.2. The molecule has 0 saturated heterocycles. The highest BCUT2D eigenvalue weighted by Crippen LogP contribution is 2.36. The predicted octanol–water partition coefficient (Wildman–Crippen LogP) is 3.32. The van der Waals surface area contributed by atoms with Crippen LogP contribution in [0.4, 0.5) is 5.69 Å². The van der Waals surface area contributed by atoms with Gasteiger partial charge in [-0.1, -0.05) is 5.16 Å². The van der Waals surface area contributed by atoms with Gasteiger partial charge in [-0.05, 0) is 55.8 Å². The molecule has 1 N–H and O–H groups in total. The minimum absolute atomic E-state index is 0.0659. The Bertz CT molecular complexity index is 1590. The number of anilines is 1. The van der Waals surface area contributed by atoms with E-state index in [1.807, 2.05) is 0 Å². The Morgan fingerprint density at radius 2 is 1.68 bits per heavy atom. The topological polar surface area (TPSA) is 127 Å². The minimum Gasteiger partial charge on any atom is -0.486 e. The van der Waals surface area contributed by atoms with Crippen LogP contribution in [0.2, 0.25) is 0 Å². The van der Waals surface area contributed by atoms with Gasteiger partial charge in [-0.15, -0.1) is 0 Å². The zero-order chi connectivity index (χ0) is 25.5. The van der Waals surface area contributed by atoms with E-state index in [0.717, 1.165) is 0 Å². The number of fused-ring (bicyclic) bond motifs is 2. The quantitative estimate of drug-likeness (QED) is 0.437. The summed E-state index contributed by atoms with van der Waals surface area (Å²) in [6.07, 6.45) is 0. The maximum absolute atomic E-state index is 13.5. The van der Waals surface area contributed by atoms with E-state index in [-0.39, 0.29) is 30.7 Å². The zero-order valence-corrected chi connectivity index (χ0v) is 20.1. The highest BCUT2D eigenvalue weighted by molar-refractivity contribution is 5.91. The highest BCUT2D eigenvalue weighted by Gasteiger charge is 2.22. The molecule has 2 aliphatic heterocycles. The van der Waals surface area contributed by atoms with Crippen LogP contribution >= 0.6 is 0 Å². The van der Waals surface area contributed by atoms with Crippen LogP contribution in [0.15, 0.2) is 51.8 Å². The molecule has 4 aromatic rings. The molecule has 6 rings (SSSR count). The lowest BCUT2D eigenvalue weighted by Gasteiger charge is -2.19. The van der Waals surface area contributed by atoms with E-state index in [2.05, 4.69) is 15.5 Å². The first-order valence-corrected chi connectivity index (χ1v) is 11.6. The third-order valence-electron chi connectivity index (χ3n) is 6.10. The summed E-state index contributed by atoms with van der Waals surface area (Å²) in [7, 11) is 0. The molecule has 11 heteroatoms. The second-order valence-corrected chi connectivity index (χ2v) is 8.63. The van der Waals surface area contributed by atoms with Crippen molar-refractivity contribution < 1.29 is 28.3 Å². The van der Waals surface area contributed by atoms with Crippen LogP contribution in [0.5, 0.6) is 23.0 Å². The Morgan fingerprint density at radius 3 is 2.54 bits per heavy atom. The van der Waals surface area contributed by atoms with Crippen LogP contribution in [-0.2, 0) is 11.3 Å². The van der Waals surface area contributed by atoms with Crippen LogP contribution in [0.1, 0.15) is 11.3 Å². The number of hydrogen-bond donors (Lipinski definition) is 1. The van der Waals surface area contributed by atoms with Gasteiger partial charge in [0.2, 0.25) is 18.5 Å². The van der Waals surface area contributed by atoms with E-state index < -0.39 is 5.56 Å². The van der Waals surface area contributed by atoms with Gasteiger partial charge in [0.25, 0.3) is 11.4 Å². The first-order valence-electron chi connectivity index (χ1n) is 11.6. The molecule has 188 valence electrons. The Balaban J connectivity index is 1.26. The summed E-state index contributed by atoms with van der Waals surface area (Å²) in [6.45, 7) is 4.43. The maximum Gasteiger partial charge on any atom is 0.264 e. The SMILES string of the molecule is Cc1cc(C)n(CC(=O)Nc2ccc3c(c2)OCCO3)c(=O)c1-c1nc(-c2ccc3c(c2)OCO3)no1. The molecule has 0 bridgehead atoms. The molecule has 2 aromatic carbocycles. The van der Waals surface area contributed by atoms with E-state index in [1.54, 1.807) is 56.3 Å². The molecule has 0 unspecified atom stereocenters. The number of aryl methyl sites for hydroxylation is 2. The summed E-state index contributed by atoms with van der Waals surface area (Å²) >= 11 is 0. The Kier molecular flexibility index (Phi) is 5.52. The number of ether oxygens (including phenoxy) is 4. The molecular formula is C26H22N4O7. The van der Waals surface area contributed by atoms with Crippen molar-refractivity contribution in [1.29, 1.82) is 0 Å². The lowest BCUT2D eigenvalue weighted by Crippen LogP contribution is -2.30. The van der Waals surface area contributed by atoms with Crippen molar-refractivity contribution in [2.45, 2.75) is 20.4 Å². The van der Waals surface area contributed by atoms with Crippen molar-refractivity contribution >= 4 is 11.6 Å². The van der Waals surface area contributed by atoms with E-state index in [4.69, 9.17) is 23.5 Å². The Labute approximate surface area is 210 Å². The molecule has 2 aliphatic rings. The molecule has 0 atom stereocenters. The number of hydrogen-bond acceptors (Lipinski definition) is 9. The largest absolute Gasteiger partial charge is 0.486 e. The molecule has 0 radical (unpaired) electrons. The van der Waals surface area contributed by atoms with Crippen LogP contribution in [-0.4, -0.2) is 40.6 Å². The summed E-state index contributed by atoms with van der Waals surface area (Å²) in [5, 5.41) is 6.85. The molecule has 0 spiro atoms. The van der Waals surface area contributed by atoms with Gasteiger partial charge in [0.05, 0.1) is 0 Å². The van der Waals surface area contributed by atoms with Gasteiger partial charge in [0.15, 0.2) is 23.0 Å². The second-order valence-electron chi connectivity index (χ2n) is 8.63. The lowest BCUT2D eigenvalue weighted by molar-refractivity contribution is -0.116. The normalized spacial score (nSPS) is 13.5. The number of rotatable bonds is 5. The molecule has 0 saturated carbocycles. The van der Waals surface area contributed by atoms with Crippen LogP contribution in [0.3, 0.4) is 0 Å². The molecule has 11 nitrogen and oxygen atoms in total. The average molecular weight is 502 g/mol. The van der Waals surface area contributed by atoms with Crippen molar-refractivity contribution in [3.8, 4) is 45.8 Å². The number of pyridine rings is 1. The molecule has 0 aliphatic carbocycles. The average Bonchev–Trinajstić information content (AvgIpc) is 3.56. The monoisotopic (exact) mass is 502 g/mol. The van der Waals surface area contributed by atoms with Gasteiger partial charge in [-0.25, -0.2) is 0 Å². The van der Waals surface area contributed by atoms with E-state index in [9.17, 15) is 9.59 Å². The highest BCUT2D eigenvalue weighted by atomic mass is 16.7. The number of benzene rings is 2. The maximum atomic E-state index is 13.5. The molecule has 37 heavy (non-hydrogen) atoms. The summed E-state index contributed by atoms with van der Waals surface area (Å²) in [4.78, 5) is 30.8. The van der Waals surface area contributed by atoms with Crippen LogP contribution < -0.4 is 29.8 Å². The third-order valence-corrected chi connectivity index (χ3v) is 6.10. The van der Waals surface area contributed by atoms with E-state index >= 15 is 0 Å². The molecule has 4 heterocycles. The zero-order valence-electron chi connectivity index (χ0n) is 20.1. The predicted molar refractivity (Wildman–Crippen MR) is 131 cm³/mol. The number of aromatic nitrogens is 3. The number of carbonyl (C=O) groups is 1. The van der Waals surface area contributed by atoms with E-state index in [0.29, 0.717) is 64.5 Å². The van der Waals surface area contributed by atoms with Crippen molar-refractivity contribution in [2.75, 3.05) is 25.3 Å². The number of nitrogens with zero attached hydrogens (tertiary/aromatic N) is 3. The van der Waals surface area contributed by atoms with Gasteiger partial charge in [-0.3, -0.25) is 9.59 Å². The van der Waals surface area contributed by atoms with Gasteiger partial charge in [0.1, 0.15) is 25.3 Å². The Hall–Kier alpha value is -4.80. The number of nitrogens with one attached hydrogen (secondary N) is 1. The van der Waals surface area contributed by atoms with Gasteiger partial charge >= 0.3 is 0 Å². The third kappa shape index (κ3) is 4.24. The lowest BCUT2D eigenvalue weighted by atomic mass is 10.1. The fourth-order valence-electron chi connectivity index (χ4n) is 4.33. The van der Waals surface area contributed by atoms with Crippen molar-refractivity contribution in [3.63, 3.8) is 0 Å². The van der Waals surface area contributed by atoms with Gasteiger partial charge in [0, 0.05) is 23.0 Å².